The Labute approximate surface area is 115 Å². The smallest absolute Gasteiger partial charge is 0.354 e. The van der Waals surface area contributed by atoms with Crippen molar-refractivity contribution in [3.8, 4) is 5.75 Å². The van der Waals surface area contributed by atoms with Gasteiger partial charge in [-0.15, -0.1) is 0 Å². The molecule has 1 aromatic carbocycles. The van der Waals surface area contributed by atoms with E-state index in [-0.39, 0.29) is 11.4 Å². The van der Waals surface area contributed by atoms with E-state index in [9.17, 15) is 9.18 Å². The molecular formula is C14H13FN2O3. The zero-order chi connectivity index (χ0) is 14.5. The van der Waals surface area contributed by atoms with Crippen molar-refractivity contribution in [1.82, 2.24) is 4.98 Å². The van der Waals surface area contributed by atoms with Gasteiger partial charge in [-0.1, -0.05) is 6.07 Å². The van der Waals surface area contributed by atoms with Crippen LogP contribution in [0, 0.1) is 5.82 Å². The molecule has 0 amide bonds. The first-order valence-electron chi connectivity index (χ1n) is 5.86. The summed E-state index contributed by atoms with van der Waals surface area (Å²) in [5.74, 6) is -1.34. The minimum absolute atomic E-state index is 0.0455. The van der Waals surface area contributed by atoms with E-state index in [4.69, 9.17) is 9.84 Å². The van der Waals surface area contributed by atoms with Gasteiger partial charge in [-0.3, -0.25) is 0 Å². The van der Waals surface area contributed by atoms with Crippen molar-refractivity contribution in [3.63, 3.8) is 0 Å². The minimum Gasteiger partial charge on any atom is -0.494 e. The minimum atomic E-state index is -1.09. The highest BCUT2D eigenvalue weighted by Crippen LogP contribution is 2.18. The third-order valence-electron chi connectivity index (χ3n) is 2.69. The van der Waals surface area contributed by atoms with E-state index in [1.807, 2.05) is 0 Å². The Morgan fingerprint density at radius 3 is 2.85 bits per heavy atom. The van der Waals surface area contributed by atoms with Gasteiger partial charge in [-0.2, -0.15) is 0 Å². The lowest BCUT2D eigenvalue weighted by molar-refractivity contribution is 0.0690. The molecule has 104 valence electrons. The monoisotopic (exact) mass is 276 g/mol. The lowest BCUT2D eigenvalue weighted by Gasteiger charge is -2.08. The summed E-state index contributed by atoms with van der Waals surface area (Å²) < 4.78 is 18.3. The number of nitrogens with zero attached hydrogens (tertiary/aromatic N) is 1. The van der Waals surface area contributed by atoms with Crippen LogP contribution in [0.3, 0.4) is 0 Å². The summed E-state index contributed by atoms with van der Waals surface area (Å²) >= 11 is 0. The van der Waals surface area contributed by atoms with E-state index < -0.39 is 11.8 Å². The van der Waals surface area contributed by atoms with Gasteiger partial charge in [-0.25, -0.2) is 14.2 Å². The fraction of sp³-hybridized carbons (Fsp3) is 0.143. The molecule has 20 heavy (non-hydrogen) atoms. The lowest BCUT2D eigenvalue weighted by Crippen LogP contribution is -2.04. The Morgan fingerprint density at radius 1 is 1.40 bits per heavy atom. The van der Waals surface area contributed by atoms with E-state index >= 15 is 0 Å². The molecule has 5 nitrogen and oxygen atoms in total. The van der Waals surface area contributed by atoms with Crippen molar-refractivity contribution in [2.24, 2.45) is 0 Å². The first-order valence-corrected chi connectivity index (χ1v) is 5.86. The highest BCUT2D eigenvalue weighted by Gasteiger charge is 2.06. The summed E-state index contributed by atoms with van der Waals surface area (Å²) in [6, 6.07) is 7.70. The molecule has 0 fully saturated rings. The summed E-state index contributed by atoms with van der Waals surface area (Å²) in [6.45, 7) is 0.365. The molecule has 0 aliphatic rings. The van der Waals surface area contributed by atoms with E-state index in [1.54, 1.807) is 18.2 Å². The number of carbonyl (C=O) groups is 1. The maximum absolute atomic E-state index is 13.5. The average Bonchev–Trinajstić information content (AvgIpc) is 2.45. The molecule has 2 aromatic rings. The lowest BCUT2D eigenvalue weighted by atomic mass is 10.2. The molecule has 0 unspecified atom stereocenters. The Hall–Kier alpha value is -2.63. The molecule has 0 saturated carbocycles. The number of nitrogens with one attached hydrogen (secondary N) is 1. The number of hydrogen-bond acceptors (Lipinski definition) is 4. The van der Waals surface area contributed by atoms with E-state index in [2.05, 4.69) is 10.3 Å². The first-order chi connectivity index (χ1) is 9.60. The van der Waals surface area contributed by atoms with Gasteiger partial charge in [0.15, 0.2) is 11.6 Å². The second-order valence-electron chi connectivity index (χ2n) is 4.06. The number of hydrogen-bond donors (Lipinski definition) is 2. The number of carboxylic acids is 1. The molecule has 0 radical (unpaired) electrons. The van der Waals surface area contributed by atoms with Crippen molar-refractivity contribution in [3.05, 3.63) is 53.6 Å². The van der Waals surface area contributed by atoms with Gasteiger partial charge < -0.3 is 15.2 Å². The molecule has 0 aliphatic carbocycles. The molecule has 1 aromatic heterocycles. The predicted molar refractivity (Wildman–Crippen MR) is 71.5 cm³/mol. The molecule has 0 bridgehead atoms. The van der Waals surface area contributed by atoms with Crippen LogP contribution < -0.4 is 10.1 Å². The van der Waals surface area contributed by atoms with Crippen molar-refractivity contribution >= 4 is 11.7 Å². The number of halogens is 1. The Balaban J connectivity index is 2.07. The van der Waals surface area contributed by atoms with Crippen LogP contribution in [0.2, 0.25) is 0 Å². The van der Waals surface area contributed by atoms with Crippen LogP contribution in [0.25, 0.3) is 0 Å². The van der Waals surface area contributed by atoms with Gasteiger partial charge >= 0.3 is 5.97 Å². The molecule has 0 spiro atoms. The fourth-order valence-corrected chi connectivity index (χ4v) is 1.68. The maximum atomic E-state index is 13.5. The van der Waals surface area contributed by atoms with Crippen LogP contribution in [-0.2, 0) is 6.54 Å². The molecule has 0 saturated heterocycles. The Morgan fingerprint density at radius 2 is 2.20 bits per heavy atom. The number of rotatable bonds is 5. The number of carboxylic acid groups (broad SMARTS) is 1. The summed E-state index contributed by atoms with van der Waals surface area (Å²) in [5, 5.41) is 11.8. The quantitative estimate of drug-likeness (QED) is 0.878. The summed E-state index contributed by atoms with van der Waals surface area (Å²) in [7, 11) is 1.40. The van der Waals surface area contributed by atoms with E-state index in [0.717, 1.165) is 5.56 Å². The average molecular weight is 276 g/mol. The summed E-state index contributed by atoms with van der Waals surface area (Å²) in [6.07, 6.45) is 1.40. The number of methoxy groups -OCH3 is 1. The number of aromatic nitrogens is 1. The van der Waals surface area contributed by atoms with E-state index in [1.165, 1.54) is 25.4 Å². The number of ether oxygens (including phenoxy) is 1. The van der Waals surface area contributed by atoms with Crippen molar-refractivity contribution in [1.29, 1.82) is 0 Å². The number of pyridine rings is 1. The second-order valence-corrected chi connectivity index (χ2v) is 4.06. The topological polar surface area (TPSA) is 71.5 Å². The third kappa shape index (κ3) is 3.23. The van der Waals surface area contributed by atoms with Gasteiger partial charge in [-0.05, 0) is 29.8 Å². The van der Waals surface area contributed by atoms with Crippen LogP contribution in [0.1, 0.15) is 16.1 Å². The summed E-state index contributed by atoms with van der Waals surface area (Å²) in [4.78, 5) is 14.5. The van der Waals surface area contributed by atoms with Crippen LogP contribution in [0.5, 0.6) is 5.75 Å². The highest BCUT2D eigenvalue weighted by molar-refractivity contribution is 5.86. The van der Waals surface area contributed by atoms with Gasteiger partial charge in [0.25, 0.3) is 0 Å². The molecule has 6 heteroatoms. The summed E-state index contributed by atoms with van der Waals surface area (Å²) in [5.41, 5.74) is 1.28. The van der Waals surface area contributed by atoms with Crippen LogP contribution >= 0.6 is 0 Å². The SMILES string of the molecule is COc1ccc(CNc2ccnc(C(=O)O)c2)cc1F. The van der Waals surface area contributed by atoms with Gasteiger partial charge in [0.1, 0.15) is 5.69 Å². The zero-order valence-corrected chi connectivity index (χ0v) is 10.8. The molecular weight excluding hydrogens is 263 g/mol. The van der Waals surface area contributed by atoms with E-state index in [0.29, 0.717) is 12.2 Å². The van der Waals surface area contributed by atoms with Gasteiger partial charge in [0.05, 0.1) is 7.11 Å². The van der Waals surface area contributed by atoms with Crippen molar-refractivity contribution < 1.29 is 19.0 Å². The van der Waals surface area contributed by atoms with Crippen LogP contribution in [0.4, 0.5) is 10.1 Å². The molecule has 0 aliphatic heterocycles. The molecule has 0 atom stereocenters. The van der Waals surface area contributed by atoms with Crippen molar-refractivity contribution in [2.75, 3.05) is 12.4 Å². The fourth-order valence-electron chi connectivity index (χ4n) is 1.68. The Kier molecular flexibility index (Phi) is 4.14. The predicted octanol–water partition coefficient (Wildman–Crippen LogP) is 2.54. The third-order valence-corrected chi connectivity index (χ3v) is 2.69. The number of aromatic carboxylic acids is 1. The highest BCUT2D eigenvalue weighted by atomic mass is 19.1. The molecule has 1 heterocycles. The van der Waals surface area contributed by atoms with Gasteiger partial charge in [0, 0.05) is 18.4 Å². The number of anilines is 1. The largest absolute Gasteiger partial charge is 0.494 e. The van der Waals surface area contributed by atoms with Crippen LogP contribution in [-0.4, -0.2) is 23.2 Å². The zero-order valence-electron chi connectivity index (χ0n) is 10.8. The molecule has 2 N–H and O–H groups in total. The van der Waals surface area contributed by atoms with Crippen molar-refractivity contribution in [2.45, 2.75) is 6.54 Å². The maximum Gasteiger partial charge on any atom is 0.354 e. The standard InChI is InChI=1S/C14H13FN2O3/c1-20-13-3-2-9(6-11(13)15)8-17-10-4-5-16-12(7-10)14(18)19/h2-7H,8H2,1H3,(H,16,17)(H,18,19). The second kappa shape index (κ2) is 6.01. The van der Waals surface area contributed by atoms with Crippen LogP contribution in [0.15, 0.2) is 36.5 Å². The molecule has 2 rings (SSSR count). The number of benzene rings is 1. The first kappa shape index (κ1) is 13.8. The normalized spacial score (nSPS) is 10.1. The Bertz CT molecular complexity index is 632. The van der Waals surface area contributed by atoms with Gasteiger partial charge in [0.2, 0.25) is 0 Å².